The molecule has 0 aliphatic rings. The number of carbonyl (C=O) groups excluding carboxylic acids is 1. The third kappa shape index (κ3) is 4.02. The van der Waals surface area contributed by atoms with Gasteiger partial charge in [0.2, 0.25) is 5.88 Å². The largest absolute Gasteiger partial charge is 0.475 e. The molecule has 1 aromatic carbocycles. The molecular weight excluding hydrogens is 386 g/mol. The van der Waals surface area contributed by atoms with E-state index in [1.807, 2.05) is 30.3 Å². The second-order valence-corrected chi connectivity index (χ2v) is 6.31. The standard InChI is InChI=1S/C20H19N7O3/c1-2-26-18(28)11-8-15(24-26)20(29)21-12-13-30-17-10-9-16-22-23-19(27(16)25-17)14-6-4-3-5-7-14/h3-11H,2,12-13H2,1H3,(H,21,29). The second-order valence-electron chi connectivity index (χ2n) is 6.31. The van der Waals surface area contributed by atoms with Gasteiger partial charge in [-0.25, -0.2) is 4.68 Å². The first kappa shape index (κ1) is 19.2. The van der Waals surface area contributed by atoms with E-state index in [0.717, 1.165) is 5.56 Å². The average molecular weight is 405 g/mol. The van der Waals surface area contributed by atoms with Crippen LogP contribution < -0.4 is 15.6 Å². The molecule has 10 nitrogen and oxygen atoms in total. The van der Waals surface area contributed by atoms with Gasteiger partial charge in [-0.05, 0) is 19.1 Å². The molecule has 3 aromatic heterocycles. The van der Waals surface area contributed by atoms with E-state index in [-0.39, 0.29) is 30.3 Å². The lowest BCUT2D eigenvalue weighted by molar-refractivity contribution is 0.0939. The predicted octanol–water partition coefficient (Wildman–Crippen LogP) is 1.18. The Morgan fingerprint density at radius 2 is 1.87 bits per heavy atom. The molecule has 0 radical (unpaired) electrons. The Morgan fingerprint density at radius 1 is 1.03 bits per heavy atom. The minimum atomic E-state index is -0.380. The van der Waals surface area contributed by atoms with Crippen LogP contribution in [0.1, 0.15) is 17.4 Å². The summed E-state index contributed by atoms with van der Waals surface area (Å²) in [6.07, 6.45) is 0. The normalized spacial score (nSPS) is 10.8. The molecule has 0 aliphatic heterocycles. The number of nitrogens with one attached hydrogen (secondary N) is 1. The number of aromatic nitrogens is 6. The van der Waals surface area contributed by atoms with Gasteiger partial charge in [0.05, 0.1) is 6.54 Å². The van der Waals surface area contributed by atoms with E-state index < -0.39 is 0 Å². The zero-order valence-corrected chi connectivity index (χ0v) is 16.2. The molecular formula is C20H19N7O3. The van der Waals surface area contributed by atoms with Crippen LogP contribution in [0.25, 0.3) is 17.0 Å². The number of carbonyl (C=O) groups is 1. The van der Waals surface area contributed by atoms with Gasteiger partial charge in [-0.3, -0.25) is 9.59 Å². The van der Waals surface area contributed by atoms with Gasteiger partial charge in [0.1, 0.15) is 12.3 Å². The Bertz CT molecular complexity index is 1230. The summed E-state index contributed by atoms with van der Waals surface area (Å²) in [6.45, 7) is 2.64. The molecule has 0 atom stereocenters. The maximum atomic E-state index is 12.2. The van der Waals surface area contributed by atoms with E-state index in [2.05, 4.69) is 25.7 Å². The van der Waals surface area contributed by atoms with Crippen molar-refractivity contribution in [2.45, 2.75) is 13.5 Å². The minimum Gasteiger partial charge on any atom is -0.475 e. The van der Waals surface area contributed by atoms with Crippen molar-refractivity contribution in [3.63, 3.8) is 0 Å². The van der Waals surface area contributed by atoms with Crippen molar-refractivity contribution in [2.24, 2.45) is 0 Å². The lowest BCUT2D eigenvalue weighted by atomic mass is 10.2. The van der Waals surface area contributed by atoms with Gasteiger partial charge >= 0.3 is 0 Å². The summed E-state index contributed by atoms with van der Waals surface area (Å²) in [4.78, 5) is 23.8. The number of ether oxygens (including phenoxy) is 1. The highest BCUT2D eigenvalue weighted by molar-refractivity contribution is 5.91. The van der Waals surface area contributed by atoms with Crippen LogP contribution in [-0.4, -0.2) is 48.7 Å². The van der Waals surface area contributed by atoms with Gasteiger partial charge in [-0.1, -0.05) is 30.3 Å². The van der Waals surface area contributed by atoms with Crippen molar-refractivity contribution < 1.29 is 9.53 Å². The van der Waals surface area contributed by atoms with Crippen LogP contribution in [0.5, 0.6) is 5.88 Å². The number of hydrogen-bond acceptors (Lipinski definition) is 7. The molecule has 3 heterocycles. The Morgan fingerprint density at radius 3 is 2.67 bits per heavy atom. The number of benzene rings is 1. The van der Waals surface area contributed by atoms with E-state index in [0.29, 0.717) is 23.9 Å². The fourth-order valence-corrected chi connectivity index (χ4v) is 2.82. The number of nitrogens with zero attached hydrogens (tertiary/aromatic N) is 6. The Labute approximate surface area is 171 Å². The number of aryl methyl sites for hydroxylation is 1. The molecule has 0 unspecified atom stereocenters. The third-order valence-electron chi connectivity index (χ3n) is 4.31. The van der Waals surface area contributed by atoms with Gasteiger partial charge in [-0.15, -0.1) is 15.3 Å². The molecule has 10 heteroatoms. The minimum absolute atomic E-state index is 0.174. The van der Waals surface area contributed by atoms with Gasteiger partial charge in [0, 0.05) is 24.2 Å². The van der Waals surface area contributed by atoms with Gasteiger partial charge < -0.3 is 10.1 Å². The van der Waals surface area contributed by atoms with Crippen LogP contribution in [0.3, 0.4) is 0 Å². The topological polar surface area (TPSA) is 116 Å². The molecule has 30 heavy (non-hydrogen) atoms. The molecule has 0 aliphatic carbocycles. The summed E-state index contributed by atoms with van der Waals surface area (Å²) in [5.74, 6) is 0.613. The smallest absolute Gasteiger partial charge is 0.271 e. The summed E-state index contributed by atoms with van der Waals surface area (Å²) < 4.78 is 8.49. The molecule has 0 saturated heterocycles. The average Bonchev–Trinajstić information content (AvgIpc) is 3.21. The van der Waals surface area contributed by atoms with E-state index in [4.69, 9.17) is 4.74 Å². The first-order chi connectivity index (χ1) is 14.7. The number of rotatable bonds is 7. The zero-order valence-electron chi connectivity index (χ0n) is 16.2. The molecule has 0 spiro atoms. The highest BCUT2D eigenvalue weighted by Crippen LogP contribution is 2.18. The van der Waals surface area contributed by atoms with Gasteiger partial charge in [0.15, 0.2) is 11.5 Å². The summed E-state index contributed by atoms with van der Waals surface area (Å²) in [5.41, 5.74) is 1.42. The van der Waals surface area contributed by atoms with E-state index in [1.54, 1.807) is 23.6 Å². The third-order valence-corrected chi connectivity index (χ3v) is 4.31. The van der Waals surface area contributed by atoms with Crippen LogP contribution in [0.15, 0.2) is 59.4 Å². The van der Waals surface area contributed by atoms with Gasteiger partial charge in [-0.2, -0.15) is 9.61 Å². The lowest BCUT2D eigenvalue weighted by Crippen LogP contribution is -2.31. The van der Waals surface area contributed by atoms with Crippen LogP contribution in [0, 0.1) is 0 Å². The second kappa shape index (κ2) is 8.52. The van der Waals surface area contributed by atoms with Crippen LogP contribution in [-0.2, 0) is 6.54 Å². The highest BCUT2D eigenvalue weighted by atomic mass is 16.5. The summed E-state index contributed by atoms with van der Waals surface area (Å²) in [5, 5.41) is 19.5. The molecule has 1 amide bonds. The Balaban J connectivity index is 1.38. The van der Waals surface area contributed by atoms with E-state index >= 15 is 0 Å². The van der Waals surface area contributed by atoms with Crippen molar-refractivity contribution >= 4 is 11.6 Å². The molecule has 152 valence electrons. The fourth-order valence-electron chi connectivity index (χ4n) is 2.82. The monoisotopic (exact) mass is 405 g/mol. The van der Waals surface area contributed by atoms with Crippen molar-refractivity contribution in [1.29, 1.82) is 0 Å². The number of hydrogen-bond donors (Lipinski definition) is 1. The molecule has 4 rings (SSSR count). The zero-order chi connectivity index (χ0) is 20.9. The summed E-state index contributed by atoms with van der Waals surface area (Å²) in [7, 11) is 0. The van der Waals surface area contributed by atoms with E-state index in [1.165, 1.54) is 16.8 Å². The van der Waals surface area contributed by atoms with Gasteiger partial charge in [0.25, 0.3) is 11.5 Å². The van der Waals surface area contributed by atoms with Crippen LogP contribution in [0.2, 0.25) is 0 Å². The SMILES string of the molecule is CCn1nc(C(=O)NCCOc2ccc3nnc(-c4ccccc4)n3n2)ccc1=O. The van der Waals surface area contributed by atoms with Crippen LogP contribution >= 0.6 is 0 Å². The molecule has 4 aromatic rings. The molecule has 0 bridgehead atoms. The quantitative estimate of drug-likeness (QED) is 0.459. The highest BCUT2D eigenvalue weighted by Gasteiger charge is 2.11. The summed E-state index contributed by atoms with van der Waals surface area (Å²) >= 11 is 0. The van der Waals surface area contributed by atoms with Crippen molar-refractivity contribution in [3.8, 4) is 17.3 Å². The Kier molecular flexibility index (Phi) is 5.46. The first-order valence-electron chi connectivity index (χ1n) is 9.43. The maximum absolute atomic E-state index is 12.2. The lowest BCUT2D eigenvalue weighted by Gasteiger charge is -2.08. The fraction of sp³-hybridized carbons (Fsp3) is 0.200. The summed E-state index contributed by atoms with van der Waals surface area (Å²) in [6, 6.07) is 15.8. The predicted molar refractivity (Wildman–Crippen MR) is 108 cm³/mol. The molecule has 0 saturated carbocycles. The maximum Gasteiger partial charge on any atom is 0.271 e. The number of fused-ring (bicyclic) bond motifs is 1. The number of amides is 1. The first-order valence-corrected chi connectivity index (χ1v) is 9.43. The molecule has 1 N–H and O–H groups in total. The van der Waals surface area contributed by atoms with E-state index in [9.17, 15) is 9.59 Å². The molecule has 0 fully saturated rings. The van der Waals surface area contributed by atoms with Crippen LogP contribution in [0.4, 0.5) is 0 Å². The van der Waals surface area contributed by atoms with Crippen molar-refractivity contribution in [1.82, 2.24) is 34.9 Å². The Hall–Kier alpha value is -4.08. The van der Waals surface area contributed by atoms with Crippen molar-refractivity contribution in [2.75, 3.05) is 13.2 Å². The van der Waals surface area contributed by atoms with Crippen molar-refractivity contribution in [3.05, 3.63) is 70.6 Å².